The summed E-state index contributed by atoms with van der Waals surface area (Å²) in [5.74, 6) is 0.584. The van der Waals surface area contributed by atoms with Gasteiger partial charge in [-0.1, -0.05) is 0 Å². The van der Waals surface area contributed by atoms with E-state index in [1.54, 1.807) is 6.20 Å². The minimum atomic E-state index is -0.336. The Balaban J connectivity index is 2.60. The van der Waals surface area contributed by atoms with E-state index in [-0.39, 0.29) is 5.54 Å². The fraction of sp³-hybridized carbons (Fsp3) is 0.444. The molecule has 0 radical (unpaired) electrons. The normalized spacial score (nSPS) is 11.4. The van der Waals surface area contributed by atoms with Crippen molar-refractivity contribution in [3.05, 3.63) is 22.8 Å². The number of ether oxygens (including phenoxy) is 1. The quantitative estimate of drug-likeness (QED) is 0.885. The van der Waals surface area contributed by atoms with Gasteiger partial charge in [0.05, 0.1) is 4.47 Å². The highest BCUT2D eigenvalue weighted by Crippen LogP contribution is 2.21. The summed E-state index contributed by atoms with van der Waals surface area (Å²) in [6.07, 6.45) is 1.68. The molecule has 2 N–H and O–H groups in total. The maximum absolute atomic E-state index is 5.77. The molecule has 0 amide bonds. The van der Waals surface area contributed by atoms with E-state index in [4.69, 9.17) is 10.5 Å². The largest absolute Gasteiger partial charge is 0.475 e. The number of rotatable bonds is 3. The second kappa shape index (κ2) is 4.07. The van der Waals surface area contributed by atoms with Gasteiger partial charge in [-0.05, 0) is 41.9 Å². The van der Waals surface area contributed by atoms with Crippen LogP contribution in [-0.4, -0.2) is 17.1 Å². The highest BCUT2D eigenvalue weighted by Gasteiger charge is 2.12. The Hall–Kier alpha value is -0.610. The lowest BCUT2D eigenvalue weighted by Gasteiger charge is -2.18. The Labute approximate surface area is 86.4 Å². The Morgan fingerprint density at radius 3 is 2.85 bits per heavy atom. The minimum Gasteiger partial charge on any atom is -0.475 e. The van der Waals surface area contributed by atoms with Crippen LogP contribution in [-0.2, 0) is 0 Å². The number of pyridine rings is 1. The van der Waals surface area contributed by atoms with Crippen molar-refractivity contribution in [3.8, 4) is 5.88 Å². The van der Waals surface area contributed by atoms with Crippen LogP contribution in [0, 0.1) is 0 Å². The van der Waals surface area contributed by atoms with Gasteiger partial charge in [0.15, 0.2) is 0 Å². The van der Waals surface area contributed by atoms with E-state index in [1.165, 1.54) is 0 Å². The molecular formula is C9H13BrN2O. The molecule has 3 nitrogen and oxygen atoms in total. The smallest absolute Gasteiger partial charge is 0.227 e. The number of hydrogen-bond acceptors (Lipinski definition) is 3. The summed E-state index contributed by atoms with van der Waals surface area (Å²) in [6, 6.07) is 3.72. The van der Waals surface area contributed by atoms with Gasteiger partial charge in [0.25, 0.3) is 0 Å². The highest BCUT2D eigenvalue weighted by atomic mass is 79.9. The van der Waals surface area contributed by atoms with E-state index in [2.05, 4.69) is 20.9 Å². The zero-order chi connectivity index (χ0) is 9.90. The van der Waals surface area contributed by atoms with Gasteiger partial charge in [-0.3, -0.25) is 0 Å². The van der Waals surface area contributed by atoms with Crippen LogP contribution in [0.5, 0.6) is 5.88 Å². The maximum Gasteiger partial charge on any atom is 0.227 e. The van der Waals surface area contributed by atoms with Crippen LogP contribution >= 0.6 is 15.9 Å². The summed E-state index contributed by atoms with van der Waals surface area (Å²) >= 11 is 3.34. The first-order valence-electron chi connectivity index (χ1n) is 4.01. The average Bonchev–Trinajstić information content (AvgIpc) is 2.01. The van der Waals surface area contributed by atoms with E-state index < -0.39 is 0 Å². The van der Waals surface area contributed by atoms with Crippen LogP contribution in [0.2, 0.25) is 0 Å². The fourth-order valence-corrected chi connectivity index (χ4v) is 1.10. The first-order chi connectivity index (χ1) is 5.99. The molecule has 0 saturated heterocycles. The van der Waals surface area contributed by atoms with Gasteiger partial charge in [0.1, 0.15) is 6.61 Å². The number of hydrogen-bond donors (Lipinski definition) is 1. The highest BCUT2D eigenvalue weighted by molar-refractivity contribution is 9.10. The zero-order valence-electron chi connectivity index (χ0n) is 7.75. The Morgan fingerprint density at radius 1 is 1.62 bits per heavy atom. The summed E-state index contributed by atoms with van der Waals surface area (Å²) in [6.45, 7) is 4.26. The van der Waals surface area contributed by atoms with Crippen molar-refractivity contribution >= 4 is 15.9 Å². The summed E-state index contributed by atoms with van der Waals surface area (Å²) in [7, 11) is 0. The molecule has 0 fully saturated rings. The molecule has 13 heavy (non-hydrogen) atoms. The topological polar surface area (TPSA) is 48.1 Å². The van der Waals surface area contributed by atoms with Crippen LogP contribution in [0.1, 0.15) is 13.8 Å². The molecule has 0 spiro atoms. The van der Waals surface area contributed by atoms with E-state index in [9.17, 15) is 0 Å². The van der Waals surface area contributed by atoms with Crippen LogP contribution in [0.3, 0.4) is 0 Å². The average molecular weight is 245 g/mol. The summed E-state index contributed by atoms with van der Waals surface area (Å²) in [4.78, 5) is 4.06. The Kier molecular flexibility index (Phi) is 3.27. The van der Waals surface area contributed by atoms with Crippen molar-refractivity contribution in [1.29, 1.82) is 0 Å². The Bertz CT molecular complexity index is 283. The predicted octanol–water partition coefficient (Wildman–Crippen LogP) is 1.96. The third kappa shape index (κ3) is 3.74. The molecule has 0 aliphatic rings. The molecule has 1 aromatic rings. The zero-order valence-corrected chi connectivity index (χ0v) is 9.34. The minimum absolute atomic E-state index is 0.336. The lowest BCUT2D eigenvalue weighted by Crippen LogP contribution is -2.38. The fourth-order valence-electron chi connectivity index (χ4n) is 0.732. The molecule has 0 aromatic carbocycles. The van der Waals surface area contributed by atoms with Crippen LogP contribution in [0.15, 0.2) is 22.8 Å². The molecule has 1 rings (SSSR count). The molecule has 0 bridgehead atoms. The van der Waals surface area contributed by atoms with Crippen LogP contribution in [0.4, 0.5) is 0 Å². The number of halogens is 1. The molecule has 4 heteroatoms. The summed E-state index contributed by atoms with van der Waals surface area (Å²) < 4.78 is 6.26. The first-order valence-corrected chi connectivity index (χ1v) is 4.80. The van der Waals surface area contributed by atoms with Gasteiger partial charge in [-0.2, -0.15) is 0 Å². The molecule has 0 atom stereocenters. The Morgan fingerprint density at radius 2 is 2.31 bits per heavy atom. The second-order valence-electron chi connectivity index (χ2n) is 3.57. The van der Waals surface area contributed by atoms with Gasteiger partial charge < -0.3 is 10.5 Å². The van der Waals surface area contributed by atoms with Gasteiger partial charge in [-0.25, -0.2) is 4.98 Å². The monoisotopic (exact) mass is 244 g/mol. The summed E-state index contributed by atoms with van der Waals surface area (Å²) in [5.41, 5.74) is 5.43. The van der Waals surface area contributed by atoms with Crippen LogP contribution < -0.4 is 10.5 Å². The molecule has 0 aliphatic heterocycles. The SMILES string of the molecule is CC(C)(N)COc1ncccc1Br. The van der Waals surface area contributed by atoms with Gasteiger partial charge >= 0.3 is 0 Å². The van der Waals surface area contributed by atoms with Crippen molar-refractivity contribution in [1.82, 2.24) is 4.98 Å². The lowest BCUT2D eigenvalue weighted by atomic mass is 10.1. The van der Waals surface area contributed by atoms with Gasteiger partial charge in [0.2, 0.25) is 5.88 Å². The van der Waals surface area contributed by atoms with Crippen molar-refractivity contribution in [2.24, 2.45) is 5.73 Å². The molecule has 0 saturated carbocycles. The predicted molar refractivity (Wildman–Crippen MR) is 55.7 cm³/mol. The third-order valence-corrected chi connectivity index (χ3v) is 1.91. The van der Waals surface area contributed by atoms with Crippen molar-refractivity contribution in [2.45, 2.75) is 19.4 Å². The van der Waals surface area contributed by atoms with E-state index in [0.29, 0.717) is 12.5 Å². The molecular weight excluding hydrogens is 232 g/mol. The third-order valence-electron chi connectivity index (χ3n) is 1.31. The van der Waals surface area contributed by atoms with Crippen LogP contribution in [0.25, 0.3) is 0 Å². The van der Waals surface area contributed by atoms with Crippen molar-refractivity contribution < 1.29 is 4.74 Å². The standard InChI is InChI=1S/C9H13BrN2O/c1-9(2,11)6-13-8-7(10)4-3-5-12-8/h3-5H,6,11H2,1-2H3. The molecule has 1 aromatic heterocycles. The number of nitrogens with two attached hydrogens (primary N) is 1. The van der Waals surface area contributed by atoms with E-state index in [0.717, 1.165) is 4.47 Å². The first kappa shape index (κ1) is 10.5. The number of nitrogens with zero attached hydrogens (tertiary/aromatic N) is 1. The van der Waals surface area contributed by atoms with E-state index >= 15 is 0 Å². The lowest BCUT2D eigenvalue weighted by molar-refractivity contribution is 0.234. The molecule has 0 aliphatic carbocycles. The molecule has 0 unspecified atom stereocenters. The second-order valence-corrected chi connectivity index (χ2v) is 4.42. The van der Waals surface area contributed by atoms with E-state index in [1.807, 2.05) is 26.0 Å². The van der Waals surface area contributed by atoms with Gasteiger partial charge in [-0.15, -0.1) is 0 Å². The summed E-state index contributed by atoms with van der Waals surface area (Å²) in [5, 5.41) is 0. The van der Waals surface area contributed by atoms with Crippen molar-refractivity contribution in [2.75, 3.05) is 6.61 Å². The number of aromatic nitrogens is 1. The maximum atomic E-state index is 5.77. The van der Waals surface area contributed by atoms with Gasteiger partial charge in [0, 0.05) is 11.7 Å². The van der Waals surface area contributed by atoms with Crippen molar-refractivity contribution in [3.63, 3.8) is 0 Å². The molecule has 72 valence electrons. The molecule has 1 heterocycles.